The minimum absolute atomic E-state index is 0.0392. The summed E-state index contributed by atoms with van der Waals surface area (Å²) in [5.74, 6) is -0.617. The van der Waals surface area contributed by atoms with E-state index in [4.69, 9.17) is 4.74 Å². The number of aliphatic carboxylic acids is 1. The van der Waals surface area contributed by atoms with Gasteiger partial charge in [0.1, 0.15) is 11.8 Å². The number of aryl methyl sites for hydroxylation is 1. The molecule has 2 heterocycles. The molecular formula is C20H26N2O5. The van der Waals surface area contributed by atoms with Crippen LogP contribution in [0.5, 0.6) is 5.75 Å². The van der Waals surface area contributed by atoms with Crippen molar-refractivity contribution in [3.8, 4) is 5.75 Å². The lowest BCUT2D eigenvalue weighted by Gasteiger charge is -2.38. The van der Waals surface area contributed by atoms with Gasteiger partial charge in [0.25, 0.3) is 5.91 Å². The van der Waals surface area contributed by atoms with Crippen molar-refractivity contribution in [1.29, 1.82) is 0 Å². The summed E-state index contributed by atoms with van der Waals surface area (Å²) in [7, 11) is 1.55. The first-order chi connectivity index (χ1) is 12.8. The number of carboxylic acid groups (broad SMARTS) is 1. The molecule has 0 radical (unpaired) electrons. The lowest BCUT2D eigenvalue weighted by molar-refractivity contribution is -0.141. The van der Waals surface area contributed by atoms with Gasteiger partial charge in [-0.1, -0.05) is 6.07 Å². The molecule has 0 aliphatic carbocycles. The standard InChI is InChI=1S/C20H26N2O5/c1-13-4-5-15(10-17(13)27-3)18(24)22-12-20(11-16(22)19(25)26)6-8-21(9-7-20)14(2)23/h4-5,10,16H,6-9,11-12H2,1-3H3,(H,25,26). The molecule has 2 aliphatic rings. The molecule has 1 aromatic rings. The van der Waals surface area contributed by atoms with Gasteiger partial charge in [0, 0.05) is 32.1 Å². The molecule has 0 saturated carbocycles. The van der Waals surface area contributed by atoms with Gasteiger partial charge in [0.2, 0.25) is 5.91 Å². The molecule has 2 amide bonds. The predicted molar refractivity (Wildman–Crippen MR) is 98.7 cm³/mol. The number of carbonyl (C=O) groups is 3. The van der Waals surface area contributed by atoms with E-state index in [2.05, 4.69) is 0 Å². The van der Waals surface area contributed by atoms with Gasteiger partial charge < -0.3 is 19.6 Å². The van der Waals surface area contributed by atoms with E-state index >= 15 is 0 Å². The minimum atomic E-state index is -0.978. The van der Waals surface area contributed by atoms with E-state index < -0.39 is 12.0 Å². The number of hydrogen-bond donors (Lipinski definition) is 1. The van der Waals surface area contributed by atoms with Crippen molar-refractivity contribution >= 4 is 17.8 Å². The van der Waals surface area contributed by atoms with Crippen molar-refractivity contribution in [2.24, 2.45) is 5.41 Å². The third-order valence-corrected chi connectivity index (χ3v) is 5.98. The summed E-state index contributed by atoms with van der Waals surface area (Å²) < 4.78 is 5.29. The first-order valence-corrected chi connectivity index (χ1v) is 9.20. The molecule has 146 valence electrons. The number of nitrogens with zero attached hydrogens (tertiary/aromatic N) is 2. The van der Waals surface area contributed by atoms with Gasteiger partial charge in [-0.2, -0.15) is 0 Å². The Labute approximate surface area is 158 Å². The number of benzene rings is 1. The number of methoxy groups -OCH3 is 1. The van der Waals surface area contributed by atoms with Crippen LogP contribution in [0.25, 0.3) is 0 Å². The molecule has 0 bridgehead atoms. The number of carbonyl (C=O) groups excluding carboxylic acids is 2. The maximum Gasteiger partial charge on any atom is 0.326 e. The monoisotopic (exact) mass is 374 g/mol. The van der Waals surface area contributed by atoms with Crippen LogP contribution in [-0.4, -0.2) is 65.5 Å². The number of rotatable bonds is 3. The molecule has 0 aromatic heterocycles. The molecule has 2 saturated heterocycles. The molecule has 7 nitrogen and oxygen atoms in total. The van der Waals surface area contributed by atoms with Gasteiger partial charge in [0.15, 0.2) is 0 Å². The van der Waals surface area contributed by atoms with Crippen molar-refractivity contribution in [2.75, 3.05) is 26.7 Å². The SMILES string of the molecule is COc1cc(C(=O)N2CC3(CCN(C(C)=O)CC3)CC2C(=O)O)ccc1C. The van der Waals surface area contributed by atoms with Crippen molar-refractivity contribution in [3.05, 3.63) is 29.3 Å². The summed E-state index contributed by atoms with van der Waals surface area (Å²) in [6, 6.07) is 4.34. The molecule has 1 spiro atoms. The van der Waals surface area contributed by atoms with Crippen molar-refractivity contribution in [1.82, 2.24) is 9.80 Å². The van der Waals surface area contributed by atoms with Gasteiger partial charge >= 0.3 is 5.97 Å². The first-order valence-electron chi connectivity index (χ1n) is 9.20. The topological polar surface area (TPSA) is 87.2 Å². The quantitative estimate of drug-likeness (QED) is 0.874. The van der Waals surface area contributed by atoms with E-state index in [1.807, 2.05) is 6.92 Å². The fourth-order valence-electron chi connectivity index (χ4n) is 4.27. The van der Waals surface area contributed by atoms with Crippen LogP contribution in [0.4, 0.5) is 0 Å². The fourth-order valence-corrected chi connectivity index (χ4v) is 4.27. The number of piperidine rings is 1. The van der Waals surface area contributed by atoms with E-state index in [-0.39, 0.29) is 17.2 Å². The van der Waals surface area contributed by atoms with Gasteiger partial charge in [-0.3, -0.25) is 9.59 Å². The fraction of sp³-hybridized carbons (Fsp3) is 0.550. The van der Waals surface area contributed by atoms with E-state index in [0.717, 1.165) is 18.4 Å². The van der Waals surface area contributed by atoms with Crippen molar-refractivity contribution in [2.45, 2.75) is 39.2 Å². The highest BCUT2D eigenvalue weighted by molar-refractivity contribution is 5.97. The minimum Gasteiger partial charge on any atom is -0.496 e. The average Bonchev–Trinajstić information content (AvgIpc) is 3.01. The highest BCUT2D eigenvalue weighted by Crippen LogP contribution is 2.44. The molecule has 1 unspecified atom stereocenters. The maximum atomic E-state index is 13.1. The molecule has 27 heavy (non-hydrogen) atoms. The van der Waals surface area contributed by atoms with E-state index in [1.54, 1.807) is 37.1 Å². The van der Waals surface area contributed by atoms with Crippen LogP contribution in [-0.2, 0) is 9.59 Å². The van der Waals surface area contributed by atoms with Crippen LogP contribution in [0, 0.1) is 12.3 Å². The summed E-state index contributed by atoms with van der Waals surface area (Å²) >= 11 is 0. The second-order valence-electron chi connectivity index (χ2n) is 7.68. The maximum absolute atomic E-state index is 13.1. The molecule has 2 aliphatic heterocycles. The number of carboxylic acids is 1. The van der Waals surface area contributed by atoms with E-state index in [0.29, 0.717) is 37.4 Å². The molecule has 1 atom stereocenters. The normalized spacial score (nSPS) is 21.4. The van der Waals surface area contributed by atoms with E-state index in [9.17, 15) is 19.5 Å². The van der Waals surface area contributed by atoms with E-state index in [1.165, 1.54) is 4.90 Å². The third kappa shape index (κ3) is 3.63. The highest BCUT2D eigenvalue weighted by Gasteiger charge is 2.50. The van der Waals surface area contributed by atoms with Gasteiger partial charge in [-0.15, -0.1) is 0 Å². The number of hydrogen-bond acceptors (Lipinski definition) is 4. The Bertz CT molecular complexity index is 768. The van der Waals surface area contributed by atoms with Crippen LogP contribution < -0.4 is 4.74 Å². The summed E-state index contributed by atoms with van der Waals surface area (Å²) in [4.78, 5) is 39.8. The summed E-state index contributed by atoms with van der Waals surface area (Å²) in [6.45, 7) is 5.07. The summed E-state index contributed by atoms with van der Waals surface area (Å²) in [5, 5.41) is 9.70. The van der Waals surface area contributed by atoms with Crippen LogP contribution in [0.1, 0.15) is 42.1 Å². The Morgan fingerprint density at radius 3 is 2.44 bits per heavy atom. The lowest BCUT2D eigenvalue weighted by Crippen LogP contribution is -2.44. The van der Waals surface area contributed by atoms with Gasteiger partial charge in [0.05, 0.1) is 7.11 Å². The molecule has 7 heteroatoms. The third-order valence-electron chi connectivity index (χ3n) is 5.98. The smallest absolute Gasteiger partial charge is 0.326 e. The van der Waals surface area contributed by atoms with Crippen LogP contribution in [0.2, 0.25) is 0 Å². The second kappa shape index (κ2) is 7.21. The Kier molecular flexibility index (Phi) is 5.13. The zero-order chi connectivity index (χ0) is 19.8. The lowest BCUT2D eigenvalue weighted by atomic mass is 9.76. The molecule has 2 fully saturated rings. The van der Waals surface area contributed by atoms with Crippen LogP contribution in [0.15, 0.2) is 18.2 Å². The predicted octanol–water partition coefficient (Wildman–Crippen LogP) is 1.93. The van der Waals surface area contributed by atoms with Gasteiger partial charge in [-0.05, 0) is 49.3 Å². The molecular weight excluding hydrogens is 348 g/mol. The Morgan fingerprint density at radius 1 is 1.22 bits per heavy atom. The zero-order valence-corrected chi connectivity index (χ0v) is 16.0. The average molecular weight is 374 g/mol. The van der Waals surface area contributed by atoms with Crippen molar-refractivity contribution < 1.29 is 24.2 Å². The van der Waals surface area contributed by atoms with Crippen LogP contribution >= 0.6 is 0 Å². The number of amides is 2. The van der Waals surface area contributed by atoms with Gasteiger partial charge in [-0.25, -0.2) is 4.79 Å². The summed E-state index contributed by atoms with van der Waals surface area (Å²) in [5.41, 5.74) is 1.11. The molecule has 1 N–H and O–H groups in total. The Hall–Kier alpha value is -2.57. The molecule has 3 rings (SSSR count). The first kappa shape index (κ1) is 19.2. The highest BCUT2D eigenvalue weighted by atomic mass is 16.5. The zero-order valence-electron chi connectivity index (χ0n) is 16.0. The Morgan fingerprint density at radius 2 is 1.89 bits per heavy atom. The largest absolute Gasteiger partial charge is 0.496 e. The number of ether oxygens (including phenoxy) is 1. The second-order valence-corrected chi connectivity index (χ2v) is 7.68. The molecule has 1 aromatic carbocycles. The number of likely N-dealkylation sites (tertiary alicyclic amines) is 2. The van der Waals surface area contributed by atoms with Crippen LogP contribution in [0.3, 0.4) is 0 Å². The summed E-state index contributed by atoms with van der Waals surface area (Å²) in [6.07, 6.45) is 1.87. The van der Waals surface area contributed by atoms with Crippen molar-refractivity contribution in [3.63, 3.8) is 0 Å². The Balaban J connectivity index is 1.83.